The largest absolute Gasteiger partial charge is 0.495 e. The summed E-state index contributed by atoms with van der Waals surface area (Å²) in [6.07, 6.45) is 1.37. The Balaban J connectivity index is 1.41. The van der Waals surface area contributed by atoms with Gasteiger partial charge in [-0.05, 0) is 104 Å². The van der Waals surface area contributed by atoms with Crippen LogP contribution in [0.4, 0.5) is 4.39 Å². The normalized spacial score (nSPS) is 25.6. The first-order valence-corrected chi connectivity index (χ1v) is 15.7. The van der Waals surface area contributed by atoms with Gasteiger partial charge in [-0.15, -0.1) is 0 Å². The minimum atomic E-state index is -0.660. The fourth-order valence-corrected chi connectivity index (χ4v) is 6.67. The van der Waals surface area contributed by atoms with Crippen molar-refractivity contribution < 1.29 is 23.0 Å². The van der Waals surface area contributed by atoms with E-state index in [9.17, 15) is 0 Å². The van der Waals surface area contributed by atoms with Crippen LogP contribution in [0, 0.1) is 5.82 Å². The Hall–Kier alpha value is -2.18. The summed E-state index contributed by atoms with van der Waals surface area (Å²) in [5.41, 5.74) is 0.895. The highest BCUT2D eigenvalue weighted by Gasteiger charge is 2.59. The molecule has 3 aromatic carbocycles. The standard InChI is InChI=1S/C36H49B2FO4/c1-31(2,3)27-23-25(22-24-16-13-14-17-26(24)27)37-40-33(7,8)35(11,42-37)20-21-36(12)34(9,10)41-38(43-36)28-18-15-19-29(39)30(28)32(4,5)6/h13-19,22-23H,20-21H2,1-12H3. The van der Waals surface area contributed by atoms with E-state index in [1.165, 1.54) is 22.4 Å². The lowest BCUT2D eigenvalue weighted by molar-refractivity contribution is -0.0576. The maximum atomic E-state index is 15.1. The lowest BCUT2D eigenvalue weighted by atomic mass is 9.69. The molecule has 230 valence electrons. The van der Waals surface area contributed by atoms with Gasteiger partial charge in [-0.1, -0.05) is 90.1 Å². The van der Waals surface area contributed by atoms with Crippen molar-refractivity contribution in [3.05, 3.63) is 71.5 Å². The third-order valence-electron chi connectivity index (χ3n) is 10.2. The van der Waals surface area contributed by atoms with Crippen molar-refractivity contribution in [3.63, 3.8) is 0 Å². The van der Waals surface area contributed by atoms with Crippen molar-refractivity contribution in [2.45, 2.75) is 129 Å². The summed E-state index contributed by atoms with van der Waals surface area (Å²) in [4.78, 5) is 0. The summed E-state index contributed by atoms with van der Waals surface area (Å²) < 4.78 is 41.9. The van der Waals surface area contributed by atoms with Crippen molar-refractivity contribution in [2.24, 2.45) is 0 Å². The minimum Gasteiger partial charge on any atom is -0.399 e. The van der Waals surface area contributed by atoms with E-state index in [2.05, 4.69) is 98.7 Å². The molecule has 0 bridgehead atoms. The number of hydrogen-bond donors (Lipinski definition) is 0. The van der Waals surface area contributed by atoms with Gasteiger partial charge >= 0.3 is 14.2 Å². The lowest BCUT2D eigenvalue weighted by Crippen LogP contribution is -2.50. The Bertz CT molecular complexity index is 1520. The third-order valence-corrected chi connectivity index (χ3v) is 10.2. The van der Waals surface area contributed by atoms with Crippen molar-refractivity contribution in [1.29, 1.82) is 0 Å². The molecule has 4 nitrogen and oxygen atoms in total. The molecule has 0 aliphatic carbocycles. The van der Waals surface area contributed by atoms with Gasteiger partial charge in [-0.25, -0.2) is 4.39 Å². The van der Waals surface area contributed by atoms with E-state index in [1.54, 1.807) is 6.07 Å². The number of benzene rings is 3. The number of halogens is 1. The van der Waals surface area contributed by atoms with E-state index >= 15 is 4.39 Å². The molecule has 2 unspecified atom stereocenters. The predicted molar refractivity (Wildman–Crippen MR) is 177 cm³/mol. The molecule has 0 spiro atoms. The van der Waals surface area contributed by atoms with Gasteiger partial charge in [0.15, 0.2) is 0 Å². The summed E-state index contributed by atoms with van der Waals surface area (Å²) in [6.45, 7) is 25.4. The van der Waals surface area contributed by atoms with Crippen LogP contribution in [0.15, 0.2) is 54.6 Å². The number of rotatable bonds is 5. The maximum Gasteiger partial charge on any atom is 0.495 e. The Morgan fingerprint density at radius 2 is 1.21 bits per heavy atom. The van der Waals surface area contributed by atoms with E-state index in [4.69, 9.17) is 18.6 Å². The molecule has 43 heavy (non-hydrogen) atoms. The molecule has 2 saturated heterocycles. The van der Waals surface area contributed by atoms with Crippen molar-refractivity contribution in [1.82, 2.24) is 0 Å². The van der Waals surface area contributed by atoms with Crippen molar-refractivity contribution in [2.75, 3.05) is 0 Å². The molecule has 2 fully saturated rings. The van der Waals surface area contributed by atoms with Gasteiger partial charge < -0.3 is 18.6 Å². The number of fused-ring (bicyclic) bond motifs is 1. The molecule has 0 saturated carbocycles. The Morgan fingerprint density at radius 1 is 0.651 bits per heavy atom. The van der Waals surface area contributed by atoms with Crippen LogP contribution >= 0.6 is 0 Å². The molecular weight excluding hydrogens is 537 g/mol. The number of hydrogen-bond acceptors (Lipinski definition) is 4. The van der Waals surface area contributed by atoms with Crippen LogP contribution in [-0.2, 0) is 29.4 Å². The van der Waals surface area contributed by atoms with Gasteiger partial charge in [-0.2, -0.15) is 0 Å². The molecule has 7 heteroatoms. The summed E-state index contributed by atoms with van der Waals surface area (Å²) in [5.74, 6) is -0.233. The SMILES string of the molecule is CC(C)(C)c1c(F)cccc1B1OC(C)(C)C(C)(CCC2(C)OB(c3cc(C(C)(C)C)c4ccccc4c3)OC2(C)C)O1. The maximum absolute atomic E-state index is 15.1. The molecule has 2 aliphatic rings. The topological polar surface area (TPSA) is 36.9 Å². The fraction of sp³-hybridized carbons (Fsp3) is 0.556. The highest BCUT2D eigenvalue weighted by Crippen LogP contribution is 2.47. The smallest absolute Gasteiger partial charge is 0.399 e. The van der Waals surface area contributed by atoms with E-state index in [-0.39, 0.29) is 11.2 Å². The quantitative estimate of drug-likeness (QED) is 0.289. The van der Waals surface area contributed by atoms with Crippen LogP contribution < -0.4 is 10.9 Å². The van der Waals surface area contributed by atoms with Gasteiger partial charge in [0.05, 0.1) is 22.4 Å². The first-order chi connectivity index (χ1) is 19.7. The lowest BCUT2D eigenvalue weighted by Gasteiger charge is -2.42. The first-order valence-electron chi connectivity index (χ1n) is 15.7. The molecule has 0 radical (unpaired) electrons. The Labute approximate surface area is 259 Å². The van der Waals surface area contributed by atoms with Gasteiger partial charge in [0, 0.05) is 0 Å². The van der Waals surface area contributed by atoms with E-state index < -0.39 is 42.1 Å². The zero-order valence-electron chi connectivity index (χ0n) is 28.3. The molecule has 5 rings (SSSR count). The molecular formula is C36H49B2FO4. The van der Waals surface area contributed by atoms with E-state index in [0.717, 1.165) is 10.9 Å². The Morgan fingerprint density at radius 3 is 1.79 bits per heavy atom. The second kappa shape index (κ2) is 10.4. The van der Waals surface area contributed by atoms with Crippen LogP contribution in [0.5, 0.6) is 0 Å². The van der Waals surface area contributed by atoms with Crippen molar-refractivity contribution in [3.8, 4) is 0 Å². The van der Waals surface area contributed by atoms with Gasteiger partial charge in [-0.3, -0.25) is 0 Å². The second-order valence-electron chi connectivity index (χ2n) is 16.1. The van der Waals surface area contributed by atoms with Crippen LogP contribution in [0.1, 0.15) is 107 Å². The molecule has 0 amide bonds. The van der Waals surface area contributed by atoms with E-state index in [0.29, 0.717) is 18.4 Å². The molecule has 2 heterocycles. The van der Waals surface area contributed by atoms with Gasteiger partial charge in [0.1, 0.15) is 5.82 Å². The minimum absolute atomic E-state index is 0.0297. The second-order valence-corrected chi connectivity index (χ2v) is 16.1. The molecule has 2 atom stereocenters. The summed E-state index contributed by atoms with van der Waals surface area (Å²) in [6, 6.07) is 18.2. The van der Waals surface area contributed by atoms with Gasteiger partial charge in [0.25, 0.3) is 0 Å². The van der Waals surface area contributed by atoms with Crippen LogP contribution in [0.3, 0.4) is 0 Å². The zero-order chi connectivity index (χ0) is 31.8. The average molecular weight is 586 g/mol. The zero-order valence-corrected chi connectivity index (χ0v) is 28.3. The highest BCUT2D eigenvalue weighted by atomic mass is 19.1. The third kappa shape index (κ3) is 5.72. The predicted octanol–water partition coefficient (Wildman–Crippen LogP) is 7.61. The molecule has 3 aromatic rings. The summed E-state index contributed by atoms with van der Waals surface area (Å²) >= 11 is 0. The van der Waals surface area contributed by atoms with Crippen LogP contribution in [0.2, 0.25) is 0 Å². The monoisotopic (exact) mass is 586 g/mol. The van der Waals surface area contributed by atoms with Crippen LogP contribution in [-0.4, -0.2) is 36.6 Å². The Kier molecular flexibility index (Phi) is 7.82. The molecule has 0 aromatic heterocycles. The first kappa shape index (κ1) is 32.2. The molecule has 0 N–H and O–H groups in total. The summed E-state index contributed by atoms with van der Waals surface area (Å²) in [7, 11) is -1.14. The highest BCUT2D eigenvalue weighted by molar-refractivity contribution is 6.63. The van der Waals surface area contributed by atoms with Crippen LogP contribution in [0.25, 0.3) is 10.8 Å². The van der Waals surface area contributed by atoms with Crippen molar-refractivity contribution >= 4 is 35.9 Å². The fourth-order valence-electron chi connectivity index (χ4n) is 6.67. The van der Waals surface area contributed by atoms with E-state index in [1.807, 2.05) is 26.8 Å². The van der Waals surface area contributed by atoms with Gasteiger partial charge in [0.2, 0.25) is 0 Å². The average Bonchev–Trinajstić information content (AvgIpc) is 3.28. The molecule has 2 aliphatic heterocycles. The summed E-state index contributed by atoms with van der Waals surface area (Å²) in [5, 5.41) is 2.45.